The van der Waals surface area contributed by atoms with Crippen LogP contribution in [-0.4, -0.2) is 35.6 Å². The molecule has 1 fully saturated rings. The Kier molecular flexibility index (Phi) is 2.83. The first kappa shape index (κ1) is 10.7. The minimum absolute atomic E-state index is 0.235. The van der Waals surface area contributed by atoms with Crippen molar-refractivity contribution in [2.24, 2.45) is 0 Å². The lowest BCUT2D eigenvalue weighted by molar-refractivity contribution is 0.0502. The minimum Gasteiger partial charge on any atom is -0.309 e. The number of piperazine rings is 1. The van der Waals surface area contributed by atoms with Gasteiger partial charge in [-0.2, -0.15) is 0 Å². The second-order valence-electron chi connectivity index (χ2n) is 5.22. The van der Waals surface area contributed by atoms with Crippen LogP contribution in [0.5, 0.6) is 0 Å². The Morgan fingerprint density at radius 2 is 2.00 bits per heavy atom. The predicted molar refractivity (Wildman–Crippen MR) is 57.9 cm³/mol. The van der Waals surface area contributed by atoms with Crippen molar-refractivity contribution in [3.8, 4) is 0 Å². The van der Waals surface area contributed by atoms with Crippen LogP contribution in [0.25, 0.3) is 0 Å². The topological polar surface area (TPSA) is 15.3 Å². The van der Waals surface area contributed by atoms with Crippen molar-refractivity contribution < 1.29 is 0 Å². The molecular weight excluding hydrogens is 160 g/mol. The summed E-state index contributed by atoms with van der Waals surface area (Å²) < 4.78 is 0. The molecule has 0 bridgehead atoms. The van der Waals surface area contributed by atoms with E-state index in [1.807, 2.05) is 6.08 Å². The van der Waals surface area contributed by atoms with Gasteiger partial charge in [0.1, 0.15) is 0 Å². The molecule has 0 unspecified atom stereocenters. The fraction of sp³-hybridized carbons (Fsp3) is 0.818. The van der Waals surface area contributed by atoms with Gasteiger partial charge in [-0.05, 0) is 27.7 Å². The first-order chi connectivity index (χ1) is 5.87. The van der Waals surface area contributed by atoms with E-state index in [0.717, 1.165) is 19.6 Å². The third-order valence-electron chi connectivity index (χ3n) is 2.79. The van der Waals surface area contributed by atoms with Gasteiger partial charge in [0.15, 0.2) is 0 Å². The molecular formula is C11H22N2. The van der Waals surface area contributed by atoms with Crippen LogP contribution in [0.1, 0.15) is 27.7 Å². The van der Waals surface area contributed by atoms with E-state index in [2.05, 4.69) is 44.5 Å². The molecule has 1 rings (SSSR count). The van der Waals surface area contributed by atoms with Crippen molar-refractivity contribution in [1.29, 1.82) is 0 Å². The van der Waals surface area contributed by atoms with Crippen molar-refractivity contribution in [3.63, 3.8) is 0 Å². The second kappa shape index (κ2) is 3.43. The van der Waals surface area contributed by atoms with Crippen LogP contribution in [0.15, 0.2) is 12.7 Å². The summed E-state index contributed by atoms with van der Waals surface area (Å²) in [6.07, 6.45) is 1.99. The molecule has 13 heavy (non-hydrogen) atoms. The Labute approximate surface area is 82.0 Å². The summed E-state index contributed by atoms with van der Waals surface area (Å²) in [5.41, 5.74) is 0.488. The van der Waals surface area contributed by atoms with E-state index in [9.17, 15) is 0 Å². The number of rotatable bonds is 2. The second-order valence-corrected chi connectivity index (χ2v) is 5.22. The Balaban J connectivity index is 2.69. The maximum atomic E-state index is 3.81. The fourth-order valence-corrected chi connectivity index (χ4v) is 1.78. The Hall–Kier alpha value is -0.340. The first-order valence-electron chi connectivity index (χ1n) is 4.98. The van der Waals surface area contributed by atoms with E-state index >= 15 is 0 Å². The Bertz CT molecular complexity index is 194. The van der Waals surface area contributed by atoms with E-state index in [4.69, 9.17) is 0 Å². The molecule has 0 spiro atoms. The summed E-state index contributed by atoms with van der Waals surface area (Å²) >= 11 is 0. The van der Waals surface area contributed by atoms with Gasteiger partial charge < -0.3 is 5.32 Å². The summed E-state index contributed by atoms with van der Waals surface area (Å²) in [6, 6.07) is 0. The highest BCUT2D eigenvalue weighted by atomic mass is 15.3. The highest BCUT2D eigenvalue weighted by molar-refractivity contribution is 4.99. The van der Waals surface area contributed by atoms with Gasteiger partial charge in [0.25, 0.3) is 0 Å². The molecule has 0 aromatic carbocycles. The van der Waals surface area contributed by atoms with E-state index in [1.54, 1.807) is 0 Å². The Morgan fingerprint density at radius 1 is 1.38 bits per heavy atom. The molecule has 76 valence electrons. The molecule has 1 aliphatic rings. The summed E-state index contributed by atoms with van der Waals surface area (Å²) in [5, 5.41) is 3.56. The van der Waals surface area contributed by atoms with E-state index in [-0.39, 0.29) is 11.1 Å². The SMILES string of the molecule is C=CCN1CC(C)(C)NCC1(C)C. The molecule has 0 atom stereocenters. The molecule has 2 heteroatoms. The molecule has 2 nitrogen and oxygen atoms in total. The van der Waals surface area contributed by atoms with Crippen molar-refractivity contribution in [2.75, 3.05) is 19.6 Å². The Morgan fingerprint density at radius 3 is 2.54 bits per heavy atom. The third kappa shape index (κ3) is 2.55. The van der Waals surface area contributed by atoms with Gasteiger partial charge >= 0.3 is 0 Å². The highest BCUT2D eigenvalue weighted by Gasteiger charge is 2.36. The monoisotopic (exact) mass is 182 g/mol. The van der Waals surface area contributed by atoms with Crippen molar-refractivity contribution in [1.82, 2.24) is 10.2 Å². The fourth-order valence-electron chi connectivity index (χ4n) is 1.78. The molecule has 0 amide bonds. The van der Waals surface area contributed by atoms with Gasteiger partial charge in [0.05, 0.1) is 0 Å². The maximum absolute atomic E-state index is 3.81. The molecule has 0 aromatic rings. The zero-order chi connectivity index (χ0) is 10.1. The molecule has 1 saturated heterocycles. The van der Waals surface area contributed by atoms with Gasteiger partial charge in [0, 0.05) is 30.7 Å². The summed E-state index contributed by atoms with van der Waals surface area (Å²) in [5.74, 6) is 0. The van der Waals surface area contributed by atoms with E-state index in [1.165, 1.54) is 0 Å². The van der Waals surface area contributed by atoms with Crippen molar-refractivity contribution in [3.05, 3.63) is 12.7 Å². The van der Waals surface area contributed by atoms with Crippen LogP contribution >= 0.6 is 0 Å². The average molecular weight is 182 g/mol. The maximum Gasteiger partial charge on any atom is 0.0281 e. The van der Waals surface area contributed by atoms with Gasteiger partial charge in [-0.3, -0.25) is 4.90 Å². The first-order valence-corrected chi connectivity index (χ1v) is 4.98. The third-order valence-corrected chi connectivity index (χ3v) is 2.79. The van der Waals surface area contributed by atoms with Gasteiger partial charge in [-0.15, -0.1) is 6.58 Å². The van der Waals surface area contributed by atoms with Crippen LogP contribution in [0.3, 0.4) is 0 Å². The normalized spacial score (nSPS) is 27.1. The van der Waals surface area contributed by atoms with Crippen LogP contribution < -0.4 is 5.32 Å². The standard InChI is InChI=1S/C11H22N2/c1-6-7-13-9-10(2,3)12-8-11(13,4)5/h6,12H,1,7-9H2,2-5H3. The summed E-state index contributed by atoms with van der Waals surface area (Å²) in [6.45, 7) is 16.0. The van der Waals surface area contributed by atoms with Crippen LogP contribution in [0, 0.1) is 0 Å². The molecule has 0 saturated carbocycles. The van der Waals surface area contributed by atoms with Crippen LogP contribution in [0.4, 0.5) is 0 Å². The lowest BCUT2D eigenvalue weighted by Crippen LogP contribution is -2.65. The lowest BCUT2D eigenvalue weighted by Gasteiger charge is -2.49. The molecule has 1 aliphatic heterocycles. The molecule has 1 N–H and O–H groups in total. The number of hydrogen-bond donors (Lipinski definition) is 1. The zero-order valence-electron chi connectivity index (χ0n) is 9.35. The lowest BCUT2D eigenvalue weighted by atomic mass is 9.91. The van der Waals surface area contributed by atoms with E-state index < -0.39 is 0 Å². The van der Waals surface area contributed by atoms with Gasteiger partial charge in [0.2, 0.25) is 0 Å². The summed E-state index contributed by atoms with van der Waals surface area (Å²) in [4.78, 5) is 2.48. The molecule has 0 aliphatic carbocycles. The highest BCUT2D eigenvalue weighted by Crippen LogP contribution is 2.22. The van der Waals surface area contributed by atoms with Gasteiger partial charge in [-0.1, -0.05) is 6.08 Å². The number of hydrogen-bond acceptors (Lipinski definition) is 2. The molecule has 0 radical (unpaired) electrons. The quantitative estimate of drug-likeness (QED) is 0.653. The van der Waals surface area contributed by atoms with Gasteiger partial charge in [-0.25, -0.2) is 0 Å². The summed E-state index contributed by atoms with van der Waals surface area (Å²) in [7, 11) is 0. The smallest absolute Gasteiger partial charge is 0.0281 e. The molecule has 1 heterocycles. The zero-order valence-corrected chi connectivity index (χ0v) is 9.35. The largest absolute Gasteiger partial charge is 0.309 e. The van der Waals surface area contributed by atoms with Crippen LogP contribution in [-0.2, 0) is 0 Å². The minimum atomic E-state index is 0.235. The molecule has 0 aromatic heterocycles. The van der Waals surface area contributed by atoms with Crippen LogP contribution in [0.2, 0.25) is 0 Å². The van der Waals surface area contributed by atoms with Crippen molar-refractivity contribution in [2.45, 2.75) is 38.8 Å². The number of nitrogens with zero attached hydrogens (tertiary/aromatic N) is 1. The number of nitrogens with one attached hydrogen (secondary N) is 1. The van der Waals surface area contributed by atoms with E-state index in [0.29, 0.717) is 0 Å². The average Bonchev–Trinajstić information content (AvgIpc) is 1.99. The predicted octanol–water partition coefficient (Wildman–Crippen LogP) is 1.63. The van der Waals surface area contributed by atoms with Crippen molar-refractivity contribution >= 4 is 0 Å².